The van der Waals surface area contributed by atoms with Crippen molar-refractivity contribution in [3.63, 3.8) is 0 Å². The van der Waals surface area contributed by atoms with Gasteiger partial charge < -0.3 is 9.64 Å². The minimum atomic E-state index is 0.0311. The normalized spacial score (nSPS) is 25.8. The van der Waals surface area contributed by atoms with Crippen LogP contribution in [0.3, 0.4) is 0 Å². The number of rotatable bonds is 3. The van der Waals surface area contributed by atoms with Gasteiger partial charge in [0.2, 0.25) is 0 Å². The first-order valence-corrected chi connectivity index (χ1v) is 6.43. The molecule has 15 heavy (non-hydrogen) atoms. The van der Waals surface area contributed by atoms with Crippen LogP contribution in [0.1, 0.15) is 46.5 Å². The third-order valence-corrected chi connectivity index (χ3v) is 3.27. The average molecular weight is 211 g/mol. The number of nitrogens with zero attached hydrogens (tertiary/aromatic N) is 1. The molecule has 2 aliphatic rings. The highest BCUT2D eigenvalue weighted by Crippen LogP contribution is 2.31. The third kappa shape index (κ3) is 4.12. The van der Waals surface area contributed by atoms with E-state index in [0.717, 1.165) is 5.92 Å². The Morgan fingerprint density at radius 2 is 1.67 bits per heavy atom. The van der Waals surface area contributed by atoms with Gasteiger partial charge >= 0.3 is 0 Å². The van der Waals surface area contributed by atoms with Crippen LogP contribution in [0.4, 0.5) is 0 Å². The first kappa shape index (κ1) is 11.4. The molecular weight excluding hydrogens is 186 g/mol. The fourth-order valence-corrected chi connectivity index (χ4v) is 2.38. The summed E-state index contributed by atoms with van der Waals surface area (Å²) in [6.07, 6.45) is 5.89. The fraction of sp³-hybridized carbons (Fsp3) is 1.00. The highest BCUT2D eigenvalue weighted by molar-refractivity contribution is 4.81. The molecule has 2 heteroatoms. The summed E-state index contributed by atoms with van der Waals surface area (Å²) in [6.45, 7) is 10.3. The topological polar surface area (TPSA) is 12.5 Å². The summed E-state index contributed by atoms with van der Waals surface area (Å²) >= 11 is 0. The van der Waals surface area contributed by atoms with Crippen molar-refractivity contribution in [2.45, 2.75) is 58.2 Å². The molecule has 0 bridgehead atoms. The Kier molecular flexibility index (Phi) is 3.36. The lowest BCUT2D eigenvalue weighted by atomic mass is 10.1. The van der Waals surface area contributed by atoms with Gasteiger partial charge in [0.1, 0.15) is 0 Å². The molecule has 1 saturated carbocycles. The number of ether oxygens (including phenoxy) is 1. The largest absolute Gasteiger partial charge is 0.373 e. The Hall–Kier alpha value is -0.0800. The van der Waals surface area contributed by atoms with E-state index in [-0.39, 0.29) is 5.60 Å². The Morgan fingerprint density at radius 1 is 1.07 bits per heavy atom. The van der Waals surface area contributed by atoms with E-state index in [9.17, 15) is 0 Å². The van der Waals surface area contributed by atoms with Crippen LogP contribution in [0.5, 0.6) is 0 Å². The van der Waals surface area contributed by atoms with E-state index in [4.69, 9.17) is 4.74 Å². The molecule has 2 fully saturated rings. The number of hydrogen-bond donors (Lipinski definition) is 0. The summed E-state index contributed by atoms with van der Waals surface area (Å²) in [5.74, 6) is 1.03. The van der Waals surface area contributed by atoms with Gasteiger partial charge in [-0.05, 0) is 52.4 Å². The van der Waals surface area contributed by atoms with Crippen molar-refractivity contribution in [1.82, 2.24) is 4.90 Å². The lowest BCUT2D eigenvalue weighted by Gasteiger charge is -2.35. The molecule has 1 aliphatic carbocycles. The molecule has 1 aliphatic heterocycles. The van der Waals surface area contributed by atoms with Crippen molar-refractivity contribution in [2.75, 3.05) is 19.6 Å². The standard InChI is InChI=1S/C13H25NO/c1-13(2,3)15-12-6-8-14(9-7-12)10-11-4-5-11/h11-12H,4-10H2,1-3H3. The van der Waals surface area contributed by atoms with Gasteiger partial charge in [0.15, 0.2) is 0 Å². The van der Waals surface area contributed by atoms with Crippen LogP contribution in [0.2, 0.25) is 0 Å². The molecule has 2 nitrogen and oxygen atoms in total. The number of likely N-dealkylation sites (tertiary alicyclic amines) is 1. The molecule has 0 aromatic heterocycles. The van der Waals surface area contributed by atoms with Crippen molar-refractivity contribution >= 4 is 0 Å². The van der Waals surface area contributed by atoms with E-state index < -0.39 is 0 Å². The molecule has 1 heterocycles. The molecule has 0 radical (unpaired) electrons. The van der Waals surface area contributed by atoms with Gasteiger partial charge in [-0.15, -0.1) is 0 Å². The fourth-order valence-electron chi connectivity index (χ4n) is 2.38. The monoisotopic (exact) mass is 211 g/mol. The summed E-state index contributed by atoms with van der Waals surface area (Å²) in [5.41, 5.74) is 0.0311. The Bertz CT molecular complexity index is 197. The summed E-state index contributed by atoms with van der Waals surface area (Å²) in [5, 5.41) is 0. The predicted molar refractivity (Wildman–Crippen MR) is 63.0 cm³/mol. The lowest BCUT2D eigenvalue weighted by Crippen LogP contribution is -2.40. The van der Waals surface area contributed by atoms with Gasteiger partial charge in [-0.1, -0.05) is 0 Å². The van der Waals surface area contributed by atoms with Crippen molar-refractivity contribution in [1.29, 1.82) is 0 Å². The molecule has 0 aromatic carbocycles. The molecule has 0 aromatic rings. The number of piperidine rings is 1. The SMILES string of the molecule is CC(C)(C)OC1CCN(CC2CC2)CC1. The van der Waals surface area contributed by atoms with E-state index in [0.29, 0.717) is 6.10 Å². The maximum atomic E-state index is 6.02. The van der Waals surface area contributed by atoms with Crippen LogP contribution in [0.25, 0.3) is 0 Å². The molecular formula is C13H25NO. The highest BCUT2D eigenvalue weighted by atomic mass is 16.5. The van der Waals surface area contributed by atoms with Gasteiger partial charge in [-0.2, -0.15) is 0 Å². The van der Waals surface area contributed by atoms with E-state index in [1.165, 1.54) is 45.3 Å². The second-order valence-electron chi connectivity index (χ2n) is 6.17. The van der Waals surface area contributed by atoms with Crippen LogP contribution >= 0.6 is 0 Å². The highest BCUT2D eigenvalue weighted by Gasteiger charge is 2.28. The van der Waals surface area contributed by atoms with Gasteiger partial charge in [-0.25, -0.2) is 0 Å². The maximum Gasteiger partial charge on any atom is 0.0606 e. The molecule has 0 amide bonds. The summed E-state index contributed by atoms with van der Waals surface area (Å²) < 4.78 is 6.02. The first-order valence-electron chi connectivity index (χ1n) is 6.43. The van der Waals surface area contributed by atoms with Gasteiger partial charge in [0.25, 0.3) is 0 Å². The zero-order valence-corrected chi connectivity index (χ0v) is 10.5. The molecule has 0 unspecified atom stereocenters. The second kappa shape index (κ2) is 4.42. The summed E-state index contributed by atoms with van der Waals surface area (Å²) in [6, 6.07) is 0. The van der Waals surface area contributed by atoms with E-state index in [1.54, 1.807) is 0 Å². The van der Waals surface area contributed by atoms with Crippen LogP contribution < -0.4 is 0 Å². The Morgan fingerprint density at radius 3 is 2.13 bits per heavy atom. The van der Waals surface area contributed by atoms with E-state index in [1.807, 2.05) is 0 Å². The molecule has 0 N–H and O–H groups in total. The molecule has 0 spiro atoms. The quantitative estimate of drug-likeness (QED) is 0.711. The average Bonchev–Trinajstić information content (AvgIpc) is 2.90. The summed E-state index contributed by atoms with van der Waals surface area (Å²) in [7, 11) is 0. The van der Waals surface area contributed by atoms with Crippen LogP contribution in [-0.2, 0) is 4.74 Å². The zero-order valence-electron chi connectivity index (χ0n) is 10.5. The van der Waals surface area contributed by atoms with Crippen LogP contribution in [-0.4, -0.2) is 36.2 Å². The van der Waals surface area contributed by atoms with Crippen molar-refractivity contribution in [2.24, 2.45) is 5.92 Å². The van der Waals surface area contributed by atoms with Crippen LogP contribution in [0, 0.1) is 5.92 Å². The summed E-state index contributed by atoms with van der Waals surface area (Å²) in [4.78, 5) is 2.63. The van der Waals surface area contributed by atoms with Crippen molar-refractivity contribution in [3.8, 4) is 0 Å². The van der Waals surface area contributed by atoms with E-state index in [2.05, 4.69) is 25.7 Å². The van der Waals surface area contributed by atoms with Gasteiger partial charge in [-0.3, -0.25) is 0 Å². The lowest BCUT2D eigenvalue weighted by molar-refractivity contribution is -0.0822. The van der Waals surface area contributed by atoms with Crippen molar-refractivity contribution in [3.05, 3.63) is 0 Å². The minimum absolute atomic E-state index is 0.0311. The Labute approximate surface area is 94.0 Å². The first-order chi connectivity index (χ1) is 7.03. The minimum Gasteiger partial charge on any atom is -0.373 e. The third-order valence-electron chi connectivity index (χ3n) is 3.27. The zero-order chi connectivity index (χ0) is 10.9. The molecule has 88 valence electrons. The van der Waals surface area contributed by atoms with Crippen LogP contribution in [0.15, 0.2) is 0 Å². The molecule has 0 atom stereocenters. The van der Waals surface area contributed by atoms with Gasteiger partial charge in [0, 0.05) is 19.6 Å². The molecule has 1 saturated heterocycles. The predicted octanol–water partition coefficient (Wildman–Crippen LogP) is 2.68. The Balaban J connectivity index is 1.67. The second-order valence-corrected chi connectivity index (χ2v) is 6.17. The smallest absolute Gasteiger partial charge is 0.0606 e. The number of hydrogen-bond acceptors (Lipinski definition) is 2. The van der Waals surface area contributed by atoms with Crippen molar-refractivity contribution < 1.29 is 4.74 Å². The maximum absolute atomic E-state index is 6.02. The van der Waals surface area contributed by atoms with E-state index >= 15 is 0 Å². The van der Waals surface area contributed by atoms with Gasteiger partial charge in [0.05, 0.1) is 11.7 Å². The molecule has 2 rings (SSSR count).